The van der Waals surface area contributed by atoms with Crippen LogP contribution in [0.1, 0.15) is 43.2 Å². The van der Waals surface area contributed by atoms with Crippen LogP contribution in [0.2, 0.25) is 0 Å². The monoisotopic (exact) mass is 377 g/mol. The smallest absolute Gasteiger partial charge is 0.170 e. The van der Waals surface area contributed by atoms with Crippen LogP contribution in [-0.2, 0) is 0 Å². The number of rotatable bonds is 6. The molecule has 1 fully saturated rings. The number of hydrogen-bond donors (Lipinski definition) is 1. The molecule has 0 spiro atoms. The summed E-state index contributed by atoms with van der Waals surface area (Å²) in [4.78, 5) is 11.2. The molecule has 1 N–H and O–H groups in total. The number of aromatic nitrogens is 3. The Morgan fingerprint density at radius 1 is 1.11 bits per heavy atom. The Morgan fingerprint density at radius 2 is 2.04 bits per heavy atom. The molecule has 0 radical (unpaired) electrons. The van der Waals surface area contributed by atoms with E-state index < -0.39 is 0 Å². The lowest BCUT2D eigenvalue weighted by Gasteiger charge is -2.28. The lowest BCUT2D eigenvalue weighted by Crippen LogP contribution is -2.31. The van der Waals surface area contributed by atoms with Gasteiger partial charge in [0.05, 0.1) is 29.7 Å². The molecule has 0 unspecified atom stereocenters. The van der Waals surface area contributed by atoms with Gasteiger partial charge in [-0.05, 0) is 55.0 Å². The SMILES string of the molecule is CCCCN1C(=S)N[C@@H](c2ccccn2)[C@@H]1c1cccn1-c1cccnc1. The van der Waals surface area contributed by atoms with Gasteiger partial charge in [-0.2, -0.15) is 0 Å². The molecule has 138 valence electrons. The van der Waals surface area contributed by atoms with E-state index in [9.17, 15) is 0 Å². The molecule has 1 aliphatic heterocycles. The number of thiocarbonyl (C=S) groups is 1. The molecule has 0 saturated carbocycles. The van der Waals surface area contributed by atoms with E-state index >= 15 is 0 Å². The highest BCUT2D eigenvalue weighted by molar-refractivity contribution is 7.80. The van der Waals surface area contributed by atoms with Gasteiger partial charge in [-0.3, -0.25) is 9.97 Å². The molecule has 3 aromatic heterocycles. The predicted molar refractivity (Wildman–Crippen MR) is 111 cm³/mol. The number of pyridine rings is 2. The highest BCUT2D eigenvalue weighted by Crippen LogP contribution is 2.39. The zero-order valence-electron chi connectivity index (χ0n) is 15.3. The molecule has 0 bridgehead atoms. The second-order valence-electron chi connectivity index (χ2n) is 6.69. The molecule has 4 rings (SSSR count). The van der Waals surface area contributed by atoms with Crippen molar-refractivity contribution < 1.29 is 0 Å². The van der Waals surface area contributed by atoms with Crippen LogP contribution < -0.4 is 5.32 Å². The van der Waals surface area contributed by atoms with Crippen LogP contribution in [0.25, 0.3) is 5.69 Å². The molecule has 4 heterocycles. The standard InChI is InChI=1S/C21H23N5S/c1-2-3-13-26-20(19(24-21(26)27)17-9-4-5-12-23-17)18-10-7-14-25(18)16-8-6-11-22-15-16/h4-12,14-15,19-20H,2-3,13H2,1H3,(H,24,27)/t19-,20-/m0/s1. The van der Waals surface area contributed by atoms with E-state index in [2.05, 4.69) is 62.1 Å². The minimum atomic E-state index is 0.0147. The summed E-state index contributed by atoms with van der Waals surface area (Å²) >= 11 is 5.71. The van der Waals surface area contributed by atoms with Crippen LogP contribution >= 0.6 is 12.2 Å². The largest absolute Gasteiger partial charge is 0.352 e. The van der Waals surface area contributed by atoms with E-state index in [1.165, 1.54) is 5.69 Å². The number of unbranched alkanes of at least 4 members (excludes halogenated alkanes) is 1. The average Bonchev–Trinajstić information content (AvgIpc) is 3.32. The summed E-state index contributed by atoms with van der Waals surface area (Å²) in [6.45, 7) is 3.13. The second-order valence-corrected chi connectivity index (χ2v) is 7.07. The van der Waals surface area contributed by atoms with Crippen molar-refractivity contribution in [3.8, 4) is 5.69 Å². The lowest BCUT2D eigenvalue weighted by atomic mass is 10.0. The zero-order valence-corrected chi connectivity index (χ0v) is 16.1. The van der Waals surface area contributed by atoms with Crippen LogP contribution in [0.15, 0.2) is 67.3 Å². The number of nitrogens with one attached hydrogen (secondary N) is 1. The van der Waals surface area contributed by atoms with Crippen LogP contribution in [0.3, 0.4) is 0 Å². The molecular formula is C21H23N5S. The van der Waals surface area contributed by atoms with Crippen LogP contribution in [0.5, 0.6) is 0 Å². The van der Waals surface area contributed by atoms with Crippen molar-refractivity contribution in [3.05, 3.63) is 78.6 Å². The minimum absolute atomic E-state index is 0.0147. The first kappa shape index (κ1) is 17.7. The highest BCUT2D eigenvalue weighted by atomic mass is 32.1. The highest BCUT2D eigenvalue weighted by Gasteiger charge is 2.40. The molecule has 3 aromatic rings. The fourth-order valence-corrected chi connectivity index (χ4v) is 3.99. The molecule has 0 aromatic carbocycles. The first-order valence-electron chi connectivity index (χ1n) is 9.35. The van der Waals surface area contributed by atoms with Gasteiger partial charge >= 0.3 is 0 Å². The Kier molecular flexibility index (Phi) is 5.16. The van der Waals surface area contributed by atoms with Crippen LogP contribution in [-0.4, -0.2) is 31.1 Å². The molecule has 5 nitrogen and oxygen atoms in total. The van der Waals surface area contributed by atoms with Gasteiger partial charge in [-0.25, -0.2) is 0 Å². The first-order valence-corrected chi connectivity index (χ1v) is 9.76. The molecule has 2 atom stereocenters. The van der Waals surface area contributed by atoms with Gasteiger partial charge < -0.3 is 14.8 Å². The minimum Gasteiger partial charge on any atom is -0.352 e. The van der Waals surface area contributed by atoms with Crippen molar-refractivity contribution in [2.75, 3.05) is 6.54 Å². The summed E-state index contributed by atoms with van der Waals surface area (Å²) < 4.78 is 2.20. The fraction of sp³-hybridized carbons (Fsp3) is 0.286. The lowest BCUT2D eigenvalue weighted by molar-refractivity contribution is 0.304. The summed E-state index contributed by atoms with van der Waals surface area (Å²) in [5.41, 5.74) is 3.23. The van der Waals surface area contributed by atoms with Crippen molar-refractivity contribution in [2.45, 2.75) is 31.8 Å². The number of nitrogens with zero attached hydrogens (tertiary/aromatic N) is 4. The third-order valence-electron chi connectivity index (χ3n) is 4.96. The van der Waals surface area contributed by atoms with Crippen molar-refractivity contribution in [2.24, 2.45) is 0 Å². The predicted octanol–water partition coefficient (Wildman–Crippen LogP) is 4.04. The zero-order chi connectivity index (χ0) is 18.6. The number of hydrogen-bond acceptors (Lipinski definition) is 3. The summed E-state index contributed by atoms with van der Waals surface area (Å²) in [5, 5.41) is 4.31. The molecule has 0 amide bonds. The van der Waals surface area contributed by atoms with E-state index in [1.807, 2.05) is 30.6 Å². The second kappa shape index (κ2) is 7.88. The third kappa shape index (κ3) is 3.45. The average molecular weight is 378 g/mol. The van der Waals surface area contributed by atoms with Gasteiger partial charge in [0.15, 0.2) is 5.11 Å². The Labute approximate surface area is 165 Å². The topological polar surface area (TPSA) is 46.0 Å². The Balaban J connectivity index is 1.78. The molecule has 1 aliphatic rings. The van der Waals surface area contributed by atoms with Gasteiger partial charge in [0, 0.05) is 30.8 Å². The molecule has 1 saturated heterocycles. The van der Waals surface area contributed by atoms with Crippen molar-refractivity contribution >= 4 is 17.3 Å². The maximum atomic E-state index is 5.71. The van der Waals surface area contributed by atoms with Gasteiger partial charge in [-0.1, -0.05) is 19.4 Å². The van der Waals surface area contributed by atoms with E-state index in [4.69, 9.17) is 12.2 Å². The molecular weight excluding hydrogens is 354 g/mol. The summed E-state index contributed by atoms with van der Waals surface area (Å²) in [6.07, 6.45) is 9.83. The first-order chi connectivity index (χ1) is 13.3. The summed E-state index contributed by atoms with van der Waals surface area (Å²) in [7, 11) is 0. The normalized spacial score (nSPS) is 19.3. The quantitative estimate of drug-likeness (QED) is 0.657. The Hall–Kier alpha value is -2.73. The van der Waals surface area contributed by atoms with Gasteiger partial charge in [0.2, 0.25) is 0 Å². The molecule has 0 aliphatic carbocycles. The summed E-state index contributed by atoms with van der Waals surface area (Å²) in [5.74, 6) is 0. The Morgan fingerprint density at radius 3 is 2.78 bits per heavy atom. The maximum absolute atomic E-state index is 5.71. The van der Waals surface area contributed by atoms with Gasteiger partial charge in [-0.15, -0.1) is 0 Å². The molecule has 27 heavy (non-hydrogen) atoms. The van der Waals surface area contributed by atoms with Crippen LogP contribution in [0, 0.1) is 0 Å². The Bertz CT molecular complexity index is 893. The molecule has 6 heteroatoms. The maximum Gasteiger partial charge on any atom is 0.170 e. The van der Waals surface area contributed by atoms with E-state index in [-0.39, 0.29) is 12.1 Å². The van der Waals surface area contributed by atoms with E-state index in [1.54, 1.807) is 6.20 Å². The van der Waals surface area contributed by atoms with Gasteiger partial charge in [0.25, 0.3) is 0 Å². The summed E-state index contributed by atoms with van der Waals surface area (Å²) in [6, 6.07) is 14.4. The van der Waals surface area contributed by atoms with Crippen molar-refractivity contribution in [1.29, 1.82) is 0 Å². The van der Waals surface area contributed by atoms with Gasteiger partial charge in [0.1, 0.15) is 0 Å². The third-order valence-corrected chi connectivity index (χ3v) is 5.31. The van der Waals surface area contributed by atoms with Crippen molar-refractivity contribution in [3.63, 3.8) is 0 Å². The fourth-order valence-electron chi connectivity index (χ4n) is 3.66. The van der Waals surface area contributed by atoms with E-state index in [0.29, 0.717) is 0 Å². The van der Waals surface area contributed by atoms with E-state index in [0.717, 1.165) is 35.9 Å². The van der Waals surface area contributed by atoms with Crippen molar-refractivity contribution in [1.82, 2.24) is 24.8 Å². The van der Waals surface area contributed by atoms with Crippen LogP contribution in [0.4, 0.5) is 0 Å².